The normalized spacial score (nSPS) is 15.3. The van der Waals surface area contributed by atoms with Gasteiger partial charge in [-0.1, -0.05) is 18.2 Å². The van der Waals surface area contributed by atoms with Crippen LogP contribution in [0.3, 0.4) is 0 Å². The molecule has 10 nitrogen and oxygen atoms in total. The van der Waals surface area contributed by atoms with Crippen molar-refractivity contribution >= 4 is 32.5 Å². The van der Waals surface area contributed by atoms with Crippen molar-refractivity contribution in [2.45, 2.75) is 43.7 Å². The third kappa shape index (κ3) is 4.32. The van der Waals surface area contributed by atoms with Gasteiger partial charge < -0.3 is 16.0 Å². The van der Waals surface area contributed by atoms with Crippen LogP contribution in [0.15, 0.2) is 47.5 Å². The number of hydrogen-bond acceptors (Lipinski definition) is 6. The number of rotatable bonds is 6. The fourth-order valence-electron chi connectivity index (χ4n) is 4.57. The molecule has 0 bridgehead atoms. The second-order valence-electron chi connectivity index (χ2n) is 8.96. The molecule has 2 heterocycles. The number of carbonyl (C=O) groups is 1. The molecule has 2 aromatic heterocycles. The molecule has 1 amide bonds. The van der Waals surface area contributed by atoms with Crippen LogP contribution in [0.1, 0.15) is 44.9 Å². The number of nitrogens with two attached hydrogens (primary N) is 1. The van der Waals surface area contributed by atoms with Crippen LogP contribution in [0.4, 0.5) is 5.69 Å². The number of aromatic nitrogens is 3. The first-order valence-corrected chi connectivity index (χ1v) is 13.0. The molecule has 4 aromatic rings. The van der Waals surface area contributed by atoms with Crippen LogP contribution in [0.2, 0.25) is 0 Å². The van der Waals surface area contributed by atoms with Crippen LogP contribution in [0.25, 0.3) is 10.9 Å². The number of nitrogens with zero attached hydrogens (tertiary/aromatic N) is 2. The fraction of sp³-hybridized carbons (Fsp3) is 0.240. The number of aromatic amines is 2. The number of aryl methyl sites for hydroxylation is 1. The van der Waals surface area contributed by atoms with E-state index < -0.39 is 10.0 Å². The van der Waals surface area contributed by atoms with E-state index in [1.807, 2.05) is 6.92 Å². The Labute approximate surface area is 208 Å². The molecule has 0 spiro atoms. The quantitative estimate of drug-likeness (QED) is 0.271. The van der Waals surface area contributed by atoms with Crippen molar-refractivity contribution in [1.82, 2.24) is 20.5 Å². The van der Waals surface area contributed by atoms with Gasteiger partial charge in [-0.3, -0.25) is 14.6 Å². The third-order valence-corrected chi connectivity index (χ3v) is 7.88. The molecule has 0 radical (unpaired) electrons. The van der Waals surface area contributed by atoms with E-state index in [0.717, 1.165) is 28.8 Å². The first-order valence-electron chi connectivity index (χ1n) is 11.5. The third-order valence-electron chi connectivity index (χ3n) is 6.49. The lowest BCUT2D eigenvalue weighted by Gasteiger charge is -2.17. The van der Waals surface area contributed by atoms with Crippen molar-refractivity contribution in [2.75, 3.05) is 4.72 Å². The van der Waals surface area contributed by atoms with Gasteiger partial charge in [-0.25, -0.2) is 8.42 Å². The number of fused-ring (bicyclic) bond motifs is 2. The highest BCUT2D eigenvalue weighted by molar-refractivity contribution is 7.92. The standard InChI is InChI=1S/C25H25N7O3S/c1-14-2-9-20(24-22(14)16(11-26)13-28-24)32-36(34,35)18-6-3-15(4-7-18)12-29-25(33)23-19-8-5-17(27)10-21(19)30-31-23/h2-4,6-7,9,13,17,28,32H,5,8,10,12,27H2,1H3,(H,29,33)(H,30,31). The van der Waals surface area contributed by atoms with Gasteiger partial charge in [0.15, 0.2) is 5.69 Å². The Morgan fingerprint density at radius 1 is 1.25 bits per heavy atom. The number of hydrogen-bond donors (Lipinski definition) is 5. The van der Waals surface area contributed by atoms with E-state index >= 15 is 0 Å². The van der Waals surface area contributed by atoms with Gasteiger partial charge in [0.1, 0.15) is 6.07 Å². The van der Waals surface area contributed by atoms with Crippen molar-refractivity contribution in [3.05, 3.63) is 76.2 Å². The lowest BCUT2D eigenvalue weighted by atomic mass is 9.92. The summed E-state index contributed by atoms with van der Waals surface area (Å²) in [6.07, 6.45) is 3.76. The molecule has 0 saturated carbocycles. The van der Waals surface area contributed by atoms with E-state index in [4.69, 9.17) is 5.73 Å². The molecule has 36 heavy (non-hydrogen) atoms. The maximum absolute atomic E-state index is 13.0. The zero-order valence-corrected chi connectivity index (χ0v) is 20.4. The van der Waals surface area contributed by atoms with Gasteiger partial charge in [-0.05, 0) is 49.1 Å². The van der Waals surface area contributed by atoms with Crippen molar-refractivity contribution in [3.8, 4) is 6.07 Å². The summed E-state index contributed by atoms with van der Waals surface area (Å²) in [6.45, 7) is 2.09. The Kier molecular flexibility index (Phi) is 5.99. The average molecular weight is 504 g/mol. The van der Waals surface area contributed by atoms with E-state index in [1.54, 1.807) is 30.5 Å². The van der Waals surface area contributed by atoms with Gasteiger partial charge in [-0.15, -0.1) is 0 Å². The molecule has 1 unspecified atom stereocenters. The largest absolute Gasteiger partial charge is 0.358 e. The monoisotopic (exact) mass is 503 g/mol. The zero-order valence-electron chi connectivity index (χ0n) is 19.6. The molecule has 1 atom stereocenters. The summed E-state index contributed by atoms with van der Waals surface area (Å²) in [7, 11) is -3.88. The molecule has 0 saturated heterocycles. The second kappa shape index (κ2) is 9.14. The first-order chi connectivity index (χ1) is 17.3. The Morgan fingerprint density at radius 2 is 2.03 bits per heavy atom. The second-order valence-corrected chi connectivity index (χ2v) is 10.6. The smallest absolute Gasteiger partial charge is 0.272 e. The molecule has 5 rings (SSSR count). The van der Waals surface area contributed by atoms with Crippen LogP contribution >= 0.6 is 0 Å². The van der Waals surface area contributed by atoms with Crippen molar-refractivity contribution in [1.29, 1.82) is 5.26 Å². The van der Waals surface area contributed by atoms with Gasteiger partial charge in [0, 0.05) is 41.8 Å². The highest BCUT2D eigenvalue weighted by Crippen LogP contribution is 2.30. The van der Waals surface area contributed by atoms with Crippen LogP contribution in [0.5, 0.6) is 0 Å². The van der Waals surface area contributed by atoms with Crippen LogP contribution < -0.4 is 15.8 Å². The minimum absolute atomic E-state index is 0.0769. The number of carbonyl (C=O) groups excluding carboxylic acids is 1. The predicted molar refractivity (Wildman–Crippen MR) is 135 cm³/mol. The lowest BCUT2D eigenvalue weighted by molar-refractivity contribution is 0.0944. The van der Waals surface area contributed by atoms with Crippen molar-refractivity contribution in [3.63, 3.8) is 0 Å². The van der Waals surface area contributed by atoms with Gasteiger partial charge in [0.05, 0.1) is 21.7 Å². The lowest BCUT2D eigenvalue weighted by Crippen LogP contribution is -2.29. The highest BCUT2D eigenvalue weighted by atomic mass is 32.2. The summed E-state index contributed by atoms with van der Waals surface area (Å²) in [6, 6.07) is 11.9. The molecule has 0 aliphatic heterocycles. The van der Waals surface area contributed by atoms with Gasteiger partial charge in [0.25, 0.3) is 15.9 Å². The SMILES string of the molecule is Cc1ccc(NS(=O)(=O)c2ccc(CNC(=O)c3n[nH]c4c3CCC(N)C4)cc2)c2[nH]cc(C#N)c12. The number of amides is 1. The molecule has 11 heteroatoms. The summed E-state index contributed by atoms with van der Waals surface area (Å²) in [4.78, 5) is 15.7. The first kappa shape index (κ1) is 23.6. The van der Waals surface area contributed by atoms with Gasteiger partial charge in [0.2, 0.25) is 0 Å². The van der Waals surface area contributed by atoms with Gasteiger partial charge in [-0.2, -0.15) is 10.4 Å². The van der Waals surface area contributed by atoms with Crippen molar-refractivity contribution in [2.24, 2.45) is 5.73 Å². The van der Waals surface area contributed by atoms with Crippen LogP contribution in [-0.2, 0) is 29.4 Å². The molecule has 184 valence electrons. The van der Waals surface area contributed by atoms with E-state index in [0.29, 0.717) is 40.7 Å². The average Bonchev–Trinajstić information content (AvgIpc) is 3.49. The molecule has 2 aromatic carbocycles. The Hall–Kier alpha value is -4.14. The molecular formula is C25H25N7O3S. The van der Waals surface area contributed by atoms with E-state index in [2.05, 4.69) is 31.3 Å². The fourth-order valence-corrected chi connectivity index (χ4v) is 5.64. The highest BCUT2D eigenvalue weighted by Gasteiger charge is 2.24. The molecule has 0 fully saturated rings. The Morgan fingerprint density at radius 3 is 2.78 bits per heavy atom. The van der Waals surface area contributed by atoms with Crippen molar-refractivity contribution < 1.29 is 13.2 Å². The number of H-pyrrole nitrogens is 2. The van der Waals surface area contributed by atoms with E-state index in [-0.39, 0.29) is 23.4 Å². The maximum Gasteiger partial charge on any atom is 0.272 e. The Balaban J connectivity index is 1.28. The van der Waals surface area contributed by atoms with E-state index in [1.165, 1.54) is 12.1 Å². The summed E-state index contributed by atoms with van der Waals surface area (Å²) in [5.74, 6) is -0.285. The minimum Gasteiger partial charge on any atom is -0.358 e. The number of benzene rings is 2. The molecule has 1 aliphatic carbocycles. The summed E-state index contributed by atoms with van der Waals surface area (Å²) in [5.41, 5.74) is 11.2. The topological polar surface area (TPSA) is 170 Å². The zero-order chi connectivity index (χ0) is 25.4. The van der Waals surface area contributed by atoms with Gasteiger partial charge >= 0.3 is 0 Å². The number of nitriles is 1. The maximum atomic E-state index is 13.0. The summed E-state index contributed by atoms with van der Waals surface area (Å²) in [5, 5.41) is 19.9. The Bertz CT molecular complexity index is 1610. The molecular weight excluding hydrogens is 478 g/mol. The van der Waals surface area contributed by atoms with Crippen LogP contribution in [-0.4, -0.2) is 35.5 Å². The minimum atomic E-state index is -3.88. The number of nitrogens with one attached hydrogen (secondary N) is 4. The predicted octanol–water partition coefficient (Wildman–Crippen LogP) is 2.62. The molecule has 6 N–H and O–H groups in total. The van der Waals surface area contributed by atoms with E-state index in [9.17, 15) is 18.5 Å². The molecule has 1 aliphatic rings. The number of anilines is 1. The van der Waals surface area contributed by atoms with Crippen LogP contribution in [0, 0.1) is 18.3 Å². The summed E-state index contributed by atoms with van der Waals surface area (Å²) < 4.78 is 28.6. The number of sulfonamides is 1. The summed E-state index contributed by atoms with van der Waals surface area (Å²) >= 11 is 0.